The number of methoxy groups -OCH3 is 2. The zero-order valence-electron chi connectivity index (χ0n) is 19.6. The number of anilines is 1. The van der Waals surface area contributed by atoms with Gasteiger partial charge in [0.15, 0.2) is 0 Å². The molecule has 3 aromatic rings. The lowest BCUT2D eigenvalue weighted by molar-refractivity contribution is 0.278. The molecule has 0 radical (unpaired) electrons. The van der Waals surface area contributed by atoms with Crippen LogP contribution in [0.1, 0.15) is 23.6 Å². The zero-order valence-corrected chi connectivity index (χ0v) is 19.6. The summed E-state index contributed by atoms with van der Waals surface area (Å²) >= 11 is 0. The molecule has 34 heavy (non-hydrogen) atoms. The average molecular weight is 461 g/mol. The molecule has 0 saturated heterocycles. The van der Waals surface area contributed by atoms with Crippen molar-refractivity contribution in [3.8, 4) is 29.7 Å². The first kappa shape index (κ1) is 23.2. The Kier molecular flexibility index (Phi) is 7.02. The van der Waals surface area contributed by atoms with Crippen LogP contribution in [0, 0.1) is 18.3 Å². The zero-order chi connectivity index (χ0) is 24.1. The molecule has 0 unspecified atom stereocenters. The van der Waals surface area contributed by atoms with Crippen molar-refractivity contribution < 1.29 is 14.2 Å². The minimum Gasteiger partial charge on any atom is -0.497 e. The number of terminal acetylenes is 1. The van der Waals surface area contributed by atoms with E-state index in [1.807, 2.05) is 41.3 Å². The van der Waals surface area contributed by atoms with Gasteiger partial charge in [-0.15, -0.1) is 11.5 Å². The Hall–Kier alpha value is -3.99. The van der Waals surface area contributed by atoms with Gasteiger partial charge in [0.1, 0.15) is 17.2 Å². The van der Waals surface area contributed by atoms with Gasteiger partial charge in [0.25, 0.3) is 5.56 Å². The number of benzene rings is 1. The summed E-state index contributed by atoms with van der Waals surface area (Å²) in [5, 5.41) is 4.28. The number of hydrogen-bond donors (Lipinski definition) is 0. The predicted molar refractivity (Wildman–Crippen MR) is 129 cm³/mol. The van der Waals surface area contributed by atoms with Crippen LogP contribution in [-0.2, 0) is 13.6 Å². The molecule has 1 aromatic carbocycles. The number of hydrogen-bond acceptors (Lipinski definition) is 7. The minimum absolute atomic E-state index is 0.233. The smallest absolute Gasteiger partial charge is 0.290 e. The van der Waals surface area contributed by atoms with Gasteiger partial charge in [-0.25, -0.2) is 4.68 Å². The maximum Gasteiger partial charge on any atom is 0.290 e. The van der Waals surface area contributed by atoms with Crippen LogP contribution in [0.25, 0.3) is 0 Å². The highest BCUT2D eigenvalue weighted by molar-refractivity contribution is 5.48. The van der Waals surface area contributed by atoms with E-state index in [2.05, 4.69) is 16.0 Å². The SMILES string of the molecule is C#CCN(Cc1ccc(OC)cc1)c1cc(OC[C@H]2C[C@@H]2c2ccc(OC)cn2)nn(C)c1=O. The summed E-state index contributed by atoms with van der Waals surface area (Å²) in [6, 6.07) is 13.2. The van der Waals surface area contributed by atoms with Crippen molar-refractivity contribution in [1.82, 2.24) is 14.8 Å². The van der Waals surface area contributed by atoms with Gasteiger partial charge >= 0.3 is 0 Å². The first-order valence-corrected chi connectivity index (χ1v) is 11.0. The molecule has 1 aliphatic rings. The van der Waals surface area contributed by atoms with Crippen molar-refractivity contribution in [3.63, 3.8) is 0 Å². The van der Waals surface area contributed by atoms with Gasteiger partial charge in [-0.3, -0.25) is 9.78 Å². The molecule has 0 spiro atoms. The van der Waals surface area contributed by atoms with E-state index in [0.717, 1.165) is 29.2 Å². The molecule has 8 heteroatoms. The molecule has 4 rings (SSSR count). The summed E-state index contributed by atoms with van der Waals surface area (Å²) in [7, 11) is 4.86. The maximum absolute atomic E-state index is 12.9. The fourth-order valence-corrected chi connectivity index (χ4v) is 3.87. The average Bonchev–Trinajstić information content (AvgIpc) is 3.64. The van der Waals surface area contributed by atoms with E-state index in [4.69, 9.17) is 20.6 Å². The number of nitrogens with zero attached hydrogens (tertiary/aromatic N) is 4. The lowest BCUT2D eigenvalue weighted by Crippen LogP contribution is -2.32. The van der Waals surface area contributed by atoms with Crippen LogP contribution >= 0.6 is 0 Å². The monoisotopic (exact) mass is 460 g/mol. The van der Waals surface area contributed by atoms with E-state index in [-0.39, 0.29) is 12.1 Å². The van der Waals surface area contributed by atoms with Crippen LogP contribution in [-0.4, -0.2) is 42.1 Å². The summed E-state index contributed by atoms with van der Waals surface area (Å²) in [5.41, 5.74) is 2.25. The van der Waals surface area contributed by atoms with Gasteiger partial charge < -0.3 is 19.1 Å². The van der Waals surface area contributed by atoms with Crippen LogP contribution in [0.4, 0.5) is 5.69 Å². The number of pyridine rings is 1. The molecule has 2 atom stereocenters. The Bertz CT molecular complexity index is 1220. The Balaban J connectivity index is 1.46. The normalized spacial score (nSPS) is 16.4. The largest absolute Gasteiger partial charge is 0.497 e. The van der Waals surface area contributed by atoms with Crippen LogP contribution < -0.4 is 24.7 Å². The maximum atomic E-state index is 12.9. The Morgan fingerprint density at radius 3 is 2.53 bits per heavy atom. The van der Waals surface area contributed by atoms with Gasteiger partial charge in [-0.05, 0) is 36.2 Å². The third-order valence-electron chi connectivity index (χ3n) is 5.92. The van der Waals surface area contributed by atoms with E-state index >= 15 is 0 Å². The molecular weight excluding hydrogens is 432 g/mol. The fraction of sp³-hybridized carbons (Fsp3) is 0.346. The predicted octanol–water partition coefficient (Wildman–Crippen LogP) is 3.01. The summed E-state index contributed by atoms with van der Waals surface area (Å²) in [4.78, 5) is 19.2. The Morgan fingerprint density at radius 2 is 1.88 bits per heavy atom. The molecule has 1 saturated carbocycles. The second-order valence-corrected chi connectivity index (χ2v) is 8.24. The van der Waals surface area contributed by atoms with Crippen molar-refractivity contribution in [3.05, 3.63) is 70.3 Å². The summed E-state index contributed by atoms with van der Waals surface area (Å²) < 4.78 is 17.7. The lowest BCUT2D eigenvalue weighted by atomic mass is 10.2. The Labute approximate surface area is 199 Å². The first-order valence-electron chi connectivity index (χ1n) is 11.0. The lowest BCUT2D eigenvalue weighted by Gasteiger charge is -2.22. The fourth-order valence-electron chi connectivity index (χ4n) is 3.87. The van der Waals surface area contributed by atoms with Gasteiger partial charge in [0, 0.05) is 37.2 Å². The molecule has 0 N–H and O–H groups in total. The highest BCUT2D eigenvalue weighted by Crippen LogP contribution is 2.46. The van der Waals surface area contributed by atoms with Crippen LogP contribution in [0.5, 0.6) is 17.4 Å². The van der Waals surface area contributed by atoms with Gasteiger partial charge in [0.2, 0.25) is 5.88 Å². The van der Waals surface area contributed by atoms with Crippen LogP contribution in [0.2, 0.25) is 0 Å². The van der Waals surface area contributed by atoms with Crippen molar-refractivity contribution in [2.75, 3.05) is 32.3 Å². The molecule has 176 valence electrons. The van der Waals surface area contributed by atoms with Gasteiger partial charge in [0.05, 0.1) is 33.6 Å². The third-order valence-corrected chi connectivity index (χ3v) is 5.92. The summed E-state index contributed by atoms with van der Waals surface area (Å²) in [6.45, 7) is 1.25. The number of aromatic nitrogens is 3. The molecule has 1 aliphatic carbocycles. The quantitative estimate of drug-likeness (QED) is 0.431. The number of ether oxygens (including phenoxy) is 3. The van der Waals surface area contributed by atoms with Gasteiger partial charge in [-0.1, -0.05) is 18.1 Å². The van der Waals surface area contributed by atoms with Gasteiger partial charge in [-0.2, -0.15) is 0 Å². The molecule has 8 nitrogen and oxygen atoms in total. The molecule has 2 aromatic heterocycles. The topological polar surface area (TPSA) is 78.7 Å². The van der Waals surface area contributed by atoms with E-state index in [0.29, 0.717) is 36.6 Å². The van der Waals surface area contributed by atoms with E-state index < -0.39 is 0 Å². The third kappa shape index (κ3) is 5.31. The molecule has 0 aliphatic heterocycles. The number of aryl methyl sites for hydroxylation is 1. The first-order chi connectivity index (χ1) is 16.5. The Morgan fingerprint density at radius 1 is 1.15 bits per heavy atom. The van der Waals surface area contributed by atoms with Crippen molar-refractivity contribution in [2.24, 2.45) is 13.0 Å². The second kappa shape index (κ2) is 10.3. The van der Waals surface area contributed by atoms with E-state index in [1.165, 1.54) is 4.68 Å². The summed E-state index contributed by atoms with van der Waals surface area (Å²) in [5.74, 6) is 5.25. The van der Waals surface area contributed by atoms with Crippen LogP contribution in [0.3, 0.4) is 0 Å². The minimum atomic E-state index is -0.233. The van der Waals surface area contributed by atoms with Crippen molar-refractivity contribution in [1.29, 1.82) is 0 Å². The molecule has 1 fully saturated rings. The number of rotatable bonds is 10. The standard InChI is InChI=1S/C26H28N4O4/c1-5-12-30(16-18-6-8-20(32-3)9-7-18)24-14-25(28-29(2)26(24)31)34-17-19-13-22(19)23-11-10-21(33-4)15-27-23/h1,6-11,14-15,19,22H,12-13,16-17H2,2-4H3/t19-,22+/m1/s1. The van der Waals surface area contributed by atoms with E-state index in [1.54, 1.807) is 33.5 Å². The summed E-state index contributed by atoms with van der Waals surface area (Å²) in [6.07, 6.45) is 8.34. The van der Waals surface area contributed by atoms with Crippen LogP contribution in [0.15, 0.2) is 53.5 Å². The highest BCUT2D eigenvalue weighted by Gasteiger charge is 2.40. The molecular formula is C26H28N4O4. The molecule has 2 heterocycles. The van der Waals surface area contributed by atoms with Crippen molar-refractivity contribution >= 4 is 5.69 Å². The van der Waals surface area contributed by atoms with Crippen molar-refractivity contribution in [2.45, 2.75) is 18.9 Å². The van der Waals surface area contributed by atoms with E-state index in [9.17, 15) is 4.79 Å². The second-order valence-electron chi connectivity index (χ2n) is 8.24. The highest BCUT2D eigenvalue weighted by atomic mass is 16.5. The molecule has 0 bridgehead atoms. The molecule has 0 amide bonds.